The molecule has 1 amide bonds. The molecule has 0 spiro atoms. The third-order valence-electron chi connectivity index (χ3n) is 9.25. The van der Waals surface area contributed by atoms with Crippen LogP contribution in [0.15, 0.2) is 48.7 Å². The first-order valence-electron chi connectivity index (χ1n) is 14.4. The fraction of sp³-hybridized carbons (Fsp3) is 0.484. The molecule has 3 aromatic rings. The van der Waals surface area contributed by atoms with E-state index in [0.717, 1.165) is 18.4 Å². The zero-order valence-corrected chi connectivity index (χ0v) is 23.3. The summed E-state index contributed by atoms with van der Waals surface area (Å²) in [6.45, 7) is 0.664. The van der Waals surface area contributed by atoms with Gasteiger partial charge in [-0.2, -0.15) is 0 Å². The van der Waals surface area contributed by atoms with Crippen LogP contribution in [0, 0.1) is 11.2 Å². The largest absolute Gasteiger partial charge is 0.477 e. The van der Waals surface area contributed by atoms with Gasteiger partial charge in [-0.25, -0.2) is 14.2 Å². The molecule has 0 radical (unpaired) electrons. The number of carbonyl (C=O) groups is 2. The lowest BCUT2D eigenvalue weighted by Crippen LogP contribution is -2.62. The van der Waals surface area contributed by atoms with E-state index in [4.69, 9.17) is 19.9 Å². The van der Waals surface area contributed by atoms with Gasteiger partial charge in [0.15, 0.2) is 0 Å². The Bertz CT molecular complexity index is 1460. The molecule has 2 aliphatic carbocycles. The Morgan fingerprint density at radius 2 is 1.86 bits per heavy atom. The number of amides is 1. The van der Waals surface area contributed by atoms with Gasteiger partial charge in [0.1, 0.15) is 18.5 Å². The zero-order valence-electron chi connectivity index (χ0n) is 23.3. The molecule has 2 saturated heterocycles. The van der Waals surface area contributed by atoms with E-state index < -0.39 is 40.5 Å². The minimum atomic E-state index is -1.04. The summed E-state index contributed by atoms with van der Waals surface area (Å²) in [6.07, 6.45) is 5.40. The van der Waals surface area contributed by atoms with Crippen molar-refractivity contribution in [2.24, 2.45) is 11.1 Å². The SMILES string of the molecule is NC(C(=O)OCc1ccccc1)C1(COc2ccc3ncc(F)c(CCC45CCC(NC(=O)O)(CC4)CO5)c3n2)CC1. The second-order valence-corrected chi connectivity index (χ2v) is 12.0. The first kappa shape index (κ1) is 28.3. The van der Waals surface area contributed by atoms with Crippen molar-refractivity contribution in [3.8, 4) is 5.88 Å². The van der Waals surface area contributed by atoms with E-state index in [1.807, 2.05) is 30.3 Å². The molecule has 2 aromatic heterocycles. The highest BCUT2D eigenvalue weighted by Gasteiger charge is 2.53. The molecular formula is C31H35FN4O6. The molecule has 222 valence electrons. The quantitative estimate of drug-likeness (QED) is 0.284. The third-order valence-corrected chi connectivity index (χ3v) is 9.25. The molecule has 4 N–H and O–H groups in total. The van der Waals surface area contributed by atoms with Crippen molar-refractivity contribution >= 4 is 23.1 Å². The van der Waals surface area contributed by atoms with Gasteiger partial charge in [0.2, 0.25) is 5.88 Å². The molecule has 4 heterocycles. The number of aryl methyl sites for hydroxylation is 1. The van der Waals surface area contributed by atoms with Crippen molar-refractivity contribution in [1.29, 1.82) is 0 Å². The molecule has 2 saturated carbocycles. The number of hydrogen-bond acceptors (Lipinski definition) is 8. The summed E-state index contributed by atoms with van der Waals surface area (Å²) in [7, 11) is 0. The number of carbonyl (C=O) groups excluding carboxylic acids is 1. The predicted molar refractivity (Wildman–Crippen MR) is 150 cm³/mol. The van der Waals surface area contributed by atoms with Crippen LogP contribution in [0.5, 0.6) is 5.88 Å². The van der Waals surface area contributed by atoms with Crippen LogP contribution in [0.1, 0.15) is 56.1 Å². The van der Waals surface area contributed by atoms with Gasteiger partial charge in [-0.3, -0.25) is 9.78 Å². The van der Waals surface area contributed by atoms with E-state index in [1.165, 1.54) is 6.20 Å². The topological polar surface area (TPSA) is 146 Å². The maximum Gasteiger partial charge on any atom is 0.405 e. The summed E-state index contributed by atoms with van der Waals surface area (Å²) < 4.78 is 32.7. The number of pyridine rings is 2. The van der Waals surface area contributed by atoms with Gasteiger partial charge in [0.05, 0.1) is 41.6 Å². The monoisotopic (exact) mass is 578 g/mol. The Morgan fingerprint density at radius 1 is 1.10 bits per heavy atom. The number of halogens is 1. The molecule has 4 aliphatic rings. The van der Waals surface area contributed by atoms with Crippen molar-refractivity contribution in [3.05, 3.63) is 65.6 Å². The van der Waals surface area contributed by atoms with E-state index in [-0.39, 0.29) is 13.2 Å². The minimum absolute atomic E-state index is 0.157. The Hall–Kier alpha value is -3.83. The van der Waals surface area contributed by atoms with Gasteiger partial charge in [0.25, 0.3) is 0 Å². The number of ether oxygens (including phenoxy) is 3. The van der Waals surface area contributed by atoms with Gasteiger partial charge < -0.3 is 30.4 Å². The van der Waals surface area contributed by atoms with Crippen LogP contribution in [0.25, 0.3) is 11.0 Å². The number of nitrogens with one attached hydrogen (secondary N) is 1. The maximum atomic E-state index is 15.1. The molecular weight excluding hydrogens is 543 g/mol. The first-order chi connectivity index (χ1) is 20.2. The number of fused-ring (bicyclic) bond motifs is 4. The Balaban J connectivity index is 1.10. The van der Waals surface area contributed by atoms with E-state index in [0.29, 0.717) is 67.6 Å². The fourth-order valence-corrected chi connectivity index (χ4v) is 6.21. The zero-order chi connectivity index (χ0) is 29.4. The molecule has 7 rings (SSSR count). The van der Waals surface area contributed by atoms with Crippen LogP contribution in [-0.4, -0.2) is 57.5 Å². The van der Waals surface area contributed by atoms with Gasteiger partial charge in [-0.15, -0.1) is 0 Å². The second kappa shape index (κ2) is 11.1. The molecule has 2 bridgehead atoms. The van der Waals surface area contributed by atoms with Crippen LogP contribution >= 0.6 is 0 Å². The lowest BCUT2D eigenvalue weighted by atomic mass is 9.69. The number of aromatic nitrogens is 2. The van der Waals surface area contributed by atoms with Crippen LogP contribution in [0.4, 0.5) is 9.18 Å². The first-order valence-corrected chi connectivity index (χ1v) is 14.4. The second-order valence-electron chi connectivity index (χ2n) is 12.0. The van der Waals surface area contributed by atoms with Crippen LogP contribution in [0.2, 0.25) is 0 Å². The van der Waals surface area contributed by atoms with E-state index in [2.05, 4.69) is 15.3 Å². The summed E-state index contributed by atoms with van der Waals surface area (Å²) in [4.78, 5) is 32.7. The lowest BCUT2D eigenvalue weighted by molar-refractivity contribution is -0.162. The van der Waals surface area contributed by atoms with Crippen LogP contribution < -0.4 is 15.8 Å². The Labute approximate surface area is 242 Å². The lowest BCUT2D eigenvalue weighted by Gasteiger charge is -2.53. The summed E-state index contributed by atoms with van der Waals surface area (Å²) >= 11 is 0. The average Bonchev–Trinajstić information content (AvgIpc) is 3.80. The molecule has 42 heavy (non-hydrogen) atoms. The Morgan fingerprint density at radius 3 is 2.52 bits per heavy atom. The number of nitrogens with two attached hydrogens (primary N) is 1. The summed E-state index contributed by atoms with van der Waals surface area (Å²) in [5.74, 6) is -0.608. The molecule has 11 heteroatoms. The summed E-state index contributed by atoms with van der Waals surface area (Å²) in [5.41, 5.74) is 7.14. The number of benzene rings is 1. The van der Waals surface area contributed by atoms with Crippen molar-refractivity contribution in [2.45, 2.75) is 75.2 Å². The van der Waals surface area contributed by atoms with Gasteiger partial charge in [-0.05, 0) is 63.0 Å². The van der Waals surface area contributed by atoms with Crippen molar-refractivity contribution in [2.75, 3.05) is 13.2 Å². The fourth-order valence-electron chi connectivity index (χ4n) is 6.21. The van der Waals surface area contributed by atoms with Crippen LogP contribution in [-0.2, 0) is 27.3 Å². The highest BCUT2D eigenvalue weighted by atomic mass is 19.1. The number of esters is 1. The number of nitrogens with zero attached hydrogens (tertiary/aromatic N) is 2. The van der Waals surface area contributed by atoms with Crippen molar-refractivity contribution in [3.63, 3.8) is 0 Å². The molecule has 1 aromatic carbocycles. The van der Waals surface area contributed by atoms with E-state index in [9.17, 15) is 14.7 Å². The smallest absolute Gasteiger partial charge is 0.405 e. The van der Waals surface area contributed by atoms with Gasteiger partial charge in [-0.1, -0.05) is 30.3 Å². The number of hydrogen-bond donors (Lipinski definition) is 3. The average molecular weight is 579 g/mol. The molecule has 10 nitrogen and oxygen atoms in total. The molecule has 1 unspecified atom stereocenters. The minimum Gasteiger partial charge on any atom is -0.477 e. The normalized spacial score (nSPS) is 24.6. The molecule has 4 fully saturated rings. The maximum absolute atomic E-state index is 15.1. The van der Waals surface area contributed by atoms with Crippen molar-refractivity contribution < 1.29 is 33.3 Å². The highest BCUT2D eigenvalue weighted by Crippen LogP contribution is 2.49. The van der Waals surface area contributed by atoms with Crippen LogP contribution in [0.3, 0.4) is 0 Å². The third kappa shape index (κ3) is 5.76. The molecule has 1 atom stereocenters. The summed E-state index contributed by atoms with van der Waals surface area (Å²) in [5, 5.41) is 11.8. The van der Waals surface area contributed by atoms with Gasteiger partial charge in [0, 0.05) is 17.0 Å². The number of carboxylic acid groups (broad SMARTS) is 1. The predicted octanol–water partition coefficient (Wildman–Crippen LogP) is 4.28. The van der Waals surface area contributed by atoms with Gasteiger partial charge >= 0.3 is 12.1 Å². The van der Waals surface area contributed by atoms with E-state index >= 15 is 4.39 Å². The Kier molecular flexibility index (Phi) is 7.48. The van der Waals surface area contributed by atoms with Crippen molar-refractivity contribution in [1.82, 2.24) is 15.3 Å². The van der Waals surface area contributed by atoms with E-state index in [1.54, 1.807) is 12.1 Å². The highest BCUT2D eigenvalue weighted by molar-refractivity contribution is 5.79. The molecule has 2 aliphatic heterocycles. The summed E-state index contributed by atoms with van der Waals surface area (Å²) in [6, 6.07) is 12.0. The standard InChI is InChI=1S/C31H35FN4O6/c32-22-16-34-23-6-7-24(41-18-29(10-11-29)26(33)27(37)40-17-20-4-2-1-3-5-20)35-25(23)21(22)8-9-31-14-12-30(13-15-31,19-42-31)36-28(38)39/h1-7,16,26,36H,8-15,17-19,33H2,(H,38,39). The number of rotatable bonds is 11.